The van der Waals surface area contributed by atoms with E-state index >= 15 is 0 Å². The Labute approximate surface area is 429 Å². The van der Waals surface area contributed by atoms with E-state index in [0.29, 0.717) is 49.0 Å². The Morgan fingerprint density at radius 3 is 2.39 bits per heavy atom. The standard InChI is InChI=1S/C52H62N4O19/c1-48-13-11-28(58)16-27(48)6-9-30-31-17-36-52(35(60)19-57,49(31,2)18-33(59)39(30)48)75-45(72-36)26-4-7-29(8-5-26)74-51-22-50(23-51,24-51)56-47(68)69-20-25-3-10-34(32(15-25)55-37(61)12-14-54-38(62)21-70-53)71-46-42(65)40(63)41(64)43(73-46)44(66)67/h3-5,7-8,10-11,13,15-16,30-31,33,36,39-43,45-46,57,59,63-65H,6,9,12,14,17-24,53H2,1-2H3,(H,54,62)(H,55,61)(H,56,68)(H,66,67)/t30-,31-,33-,36+,39+,40-,41-,42+,43-,45+,46+,48-,49-,50?,51?,52+/m0/s1. The van der Waals surface area contributed by atoms with Gasteiger partial charge in [-0.15, -0.1) is 0 Å². The summed E-state index contributed by atoms with van der Waals surface area (Å²) in [4.78, 5) is 80.0. The van der Waals surface area contributed by atoms with Gasteiger partial charge in [-0.2, -0.15) is 0 Å². The summed E-state index contributed by atoms with van der Waals surface area (Å²) in [5.41, 5.74) is -1.91. The highest BCUT2D eigenvalue weighted by molar-refractivity contribution is 6.01. The van der Waals surface area contributed by atoms with Crippen molar-refractivity contribution in [1.82, 2.24) is 10.6 Å². The predicted octanol–water partition coefficient (Wildman–Crippen LogP) is 0.876. The number of rotatable bonds is 17. The van der Waals surface area contributed by atoms with E-state index in [1.165, 1.54) is 18.2 Å². The second-order valence-electron chi connectivity index (χ2n) is 21.8. The Morgan fingerprint density at radius 1 is 0.933 bits per heavy atom. The average molecular weight is 1050 g/mol. The zero-order chi connectivity index (χ0) is 53.4. The minimum Gasteiger partial charge on any atom is -0.487 e. The summed E-state index contributed by atoms with van der Waals surface area (Å²) >= 11 is 0. The molecule has 11 N–H and O–H groups in total. The third kappa shape index (κ3) is 9.08. The van der Waals surface area contributed by atoms with Gasteiger partial charge in [0, 0.05) is 54.5 Å². The third-order valence-corrected chi connectivity index (χ3v) is 17.3. The number of anilines is 1. The lowest BCUT2D eigenvalue weighted by Gasteiger charge is -2.68. The van der Waals surface area contributed by atoms with E-state index in [9.17, 15) is 59.4 Å². The number of carbonyl (C=O) groups excluding carboxylic acids is 5. The number of aliphatic hydroxyl groups excluding tert-OH is 5. The van der Waals surface area contributed by atoms with Crippen molar-refractivity contribution in [2.45, 2.75) is 138 Å². The number of amides is 3. The van der Waals surface area contributed by atoms with Crippen molar-refractivity contribution in [2.24, 2.45) is 34.5 Å². The van der Waals surface area contributed by atoms with Crippen LogP contribution in [0.1, 0.15) is 82.6 Å². The summed E-state index contributed by atoms with van der Waals surface area (Å²) in [7, 11) is 0. The molecule has 11 rings (SSSR count). The number of nitrogens with two attached hydrogens (primary N) is 1. The molecule has 2 aliphatic heterocycles. The summed E-state index contributed by atoms with van der Waals surface area (Å²) in [5, 5.41) is 70.7. The first-order valence-electron chi connectivity index (χ1n) is 25.1. The van der Waals surface area contributed by atoms with Crippen LogP contribution in [0, 0.1) is 28.6 Å². The number of carboxylic acid groups (broad SMARTS) is 1. The number of hydrogen-bond acceptors (Lipinski definition) is 19. The number of benzene rings is 2. The first-order valence-corrected chi connectivity index (χ1v) is 25.1. The van der Waals surface area contributed by atoms with Gasteiger partial charge in [0.15, 0.2) is 29.6 Å². The van der Waals surface area contributed by atoms with Crippen LogP contribution in [0.3, 0.4) is 0 Å². The van der Waals surface area contributed by atoms with E-state index in [-0.39, 0.29) is 61.0 Å². The van der Waals surface area contributed by atoms with Gasteiger partial charge >= 0.3 is 12.1 Å². The minimum atomic E-state index is -1.97. The van der Waals surface area contributed by atoms with Gasteiger partial charge < -0.3 is 75.0 Å². The van der Waals surface area contributed by atoms with E-state index in [0.717, 1.165) is 12.0 Å². The second-order valence-corrected chi connectivity index (χ2v) is 21.8. The quantitative estimate of drug-likeness (QED) is 0.0983. The highest BCUT2D eigenvalue weighted by Gasteiger charge is 2.76. The minimum absolute atomic E-state index is 0.0306. The molecule has 75 heavy (non-hydrogen) atoms. The molecule has 2 aromatic rings. The van der Waals surface area contributed by atoms with Crippen molar-refractivity contribution < 1.29 is 92.7 Å². The molecule has 2 aromatic carbocycles. The summed E-state index contributed by atoms with van der Waals surface area (Å²) in [6.07, 6.45) is -3.94. The SMILES string of the molecule is C[C@]12C=CC(=O)C=C1CC[C@@H]1[C@@H]2[C@@H](O)C[C@@]2(C)[C@H]1C[C@H]1O[C@@H](c3ccc(OC45CC(NC(=O)OCc6ccc(O[C@@H]7O[C@H](C(=O)O)[C@@H](O)[C@H](O)[C@H]7O)c(NC(=O)CCNC(=O)CON)c6)(C4)C5)cc3)O[C@]12C(=O)CO. The molecule has 0 aromatic heterocycles. The van der Waals surface area contributed by atoms with Crippen LogP contribution in [0.4, 0.5) is 10.5 Å². The summed E-state index contributed by atoms with van der Waals surface area (Å²) in [6.45, 7) is 2.51. The molecule has 0 radical (unpaired) electrons. The number of carbonyl (C=O) groups is 6. The number of ether oxygens (including phenoxy) is 6. The number of fused-ring (bicyclic) bond motifs is 7. The normalized spacial score (nSPS) is 38.7. The molecule has 8 fully saturated rings. The van der Waals surface area contributed by atoms with Crippen LogP contribution in [0.15, 0.2) is 66.3 Å². The van der Waals surface area contributed by atoms with Crippen LogP contribution in [0.5, 0.6) is 11.5 Å². The molecule has 2 heterocycles. The fourth-order valence-electron chi connectivity index (χ4n) is 13.9. The highest BCUT2D eigenvalue weighted by atomic mass is 16.7. The number of alkyl carbamates (subject to hydrolysis) is 1. The number of nitrogens with one attached hydrogen (secondary N) is 3. The Kier molecular flexibility index (Phi) is 13.7. The van der Waals surface area contributed by atoms with Crippen LogP contribution in [-0.4, -0.2) is 145 Å². The molecule has 0 spiro atoms. The van der Waals surface area contributed by atoms with Gasteiger partial charge in [0.1, 0.15) is 55.2 Å². The Balaban J connectivity index is 0.738. The smallest absolute Gasteiger partial charge is 0.407 e. The van der Waals surface area contributed by atoms with Gasteiger partial charge in [-0.25, -0.2) is 15.5 Å². The van der Waals surface area contributed by atoms with Crippen LogP contribution in [0.2, 0.25) is 0 Å². The predicted molar refractivity (Wildman–Crippen MR) is 254 cm³/mol. The Morgan fingerprint density at radius 2 is 1.68 bits per heavy atom. The van der Waals surface area contributed by atoms with Gasteiger partial charge in [-0.1, -0.05) is 43.7 Å². The fraction of sp³-hybridized carbons (Fsp3) is 0.577. The lowest BCUT2D eigenvalue weighted by atomic mass is 9.46. The van der Waals surface area contributed by atoms with Gasteiger partial charge in [0.2, 0.25) is 18.1 Å². The first-order chi connectivity index (χ1) is 35.7. The van der Waals surface area contributed by atoms with Gasteiger partial charge in [0.25, 0.3) is 0 Å². The third-order valence-electron chi connectivity index (χ3n) is 17.3. The molecule has 9 aliphatic rings. The molecule has 6 saturated carbocycles. The number of aliphatic carboxylic acids is 1. The molecule has 7 aliphatic carbocycles. The highest BCUT2D eigenvalue weighted by Crippen LogP contribution is 2.70. The molecular weight excluding hydrogens is 985 g/mol. The second kappa shape index (κ2) is 19.6. The topological polar surface area (TPSA) is 351 Å². The van der Waals surface area contributed by atoms with E-state index in [1.807, 2.05) is 13.0 Å². The summed E-state index contributed by atoms with van der Waals surface area (Å²) in [6, 6.07) is 11.4. The number of hydrogen-bond donors (Lipinski definition) is 10. The van der Waals surface area contributed by atoms with E-state index in [4.69, 9.17) is 34.3 Å². The molecular formula is C52H62N4O19. The van der Waals surface area contributed by atoms with Crippen molar-refractivity contribution in [3.63, 3.8) is 0 Å². The molecule has 2 bridgehead atoms. The van der Waals surface area contributed by atoms with Gasteiger partial charge in [-0.05, 0) is 79.5 Å². The number of aliphatic hydroxyl groups is 5. The monoisotopic (exact) mass is 1050 g/mol. The number of allylic oxidation sites excluding steroid dienone is 4. The zero-order valence-corrected chi connectivity index (χ0v) is 41.2. The van der Waals surface area contributed by atoms with Crippen molar-refractivity contribution in [3.05, 3.63) is 77.4 Å². The Hall–Kier alpha value is -5.86. The number of ketones is 2. The van der Waals surface area contributed by atoms with Gasteiger partial charge in [-0.3, -0.25) is 24.0 Å². The lowest BCUT2D eigenvalue weighted by Crippen LogP contribution is -2.80. The number of carboxylic acids is 1. The molecule has 0 unspecified atom stereocenters. The van der Waals surface area contributed by atoms with Crippen LogP contribution in [0.25, 0.3) is 0 Å². The van der Waals surface area contributed by atoms with Gasteiger partial charge in [0.05, 0.1) is 23.4 Å². The molecule has 3 amide bonds. The van der Waals surface area contributed by atoms with Crippen LogP contribution >= 0.6 is 0 Å². The molecule has 23 nitrogen and oxygen atoms in total. The van der Waals surface area contributed by atoms with Crippen molar-refractivity contribution >= 4 is 41.1 Å². The van der Waals surface area contributed by atoms with Crippen LogP contribution < -0.4 is 31.3 Å². The summed E-state index contributed by atoms with van der Waals surface area (Å²) < 4.78 is 36.3. The molecule has 23 heteroatoms. The fourth-order valence-corrected chi connectivity index (χ4v) is 13.9. The zero-order valence-electron chi connectivity index (χ0n) is 41.2. The molecule has 14 atom stereocenters. The molecule has 2 saturated heterocycles. The van der Waals surface area contributed by atoms with E-state index in [2.05, 4.69) is 27.7 Å². The maximum Gasteiger partial charge on any atom is 0.407 e. The van der Waals surface area contributed by atoms with Crippen molar-refractivity contribution in [2.75, 3.05) is 25.1 Å². The lowest BCUT2D eigenvalue weighted by molar-refractivity contribution is -0.271. The van der Waals surface area contributed by atoms with Crippen molar-refractivity contribution in [1.29, 1.82) is 0 Å². The summed E-state index contributed by atoms with van der Waals surface area (Å²) in [5.74, 6) is 1.82. The maximum absolute atomic E-state index is 14.0. The van der Waals surface area contributed by atoms with Crippen LogP contribution in [-0.2, 0) is 54.4 Å². The van der Waals surface area contributed by atoms with Crippen molar-refractivity contribution in [3.8, 4) is 11.5 Å². The van der Waals surface area contributed by atoms with E-state index in [1.54, 1.807) is 36.4 Å². The average Bonchev–Trinajstić information content (AvgIpc) is 3.85. The first kappa shape index (κ1) is 52.6. The number of Topliss-reactive ketones (excluding diaryl/α,β-unsaturated/α-hetero) is 1. The Bertz CT molecular complexity index is 2680. The maximum atomic E-state index is 14.0. The molecule has 404 valence electrons. The van der Waals surface area contributed by atoms with E-state index < -0.39 is 120 Å². The largest absolute Gasteiger partial charge is 0.487 e.